The quantitative estimate of drug-likeness (QED) is 0.553. The average molecular weight is 423 g/mol. The molecule has 6 heteroatoms. The molecule has 0 atom stereocenters. The summed E-state index contributed by atoms with van der Waals surface area (Å²) in [7, 11) is 0. The van der Waals surface area contributed by atoms with Crippen LogP contribution in [0.15, 0.2) is 72.8 Å². The van der Waals surface area contributed by atoms with Crippen LogP contribution in [-0.2, 0) is 9.53 Å². The van der Waals surface area contributed by atoms with Crippen molar-refractivity contribution in [2.75, 3.05) is 18.1 Å². The number of anilines is 1. The molecule has 5 nitrogen and oxygen atoms in total. The fraction of sp³-hybridized carbons (Fsp3) is 0.200. The molecule has 1 amide bonds. The molecule has 3 aromatic carbocycles. The Morgan fingerprint density at radius 3 is 2.00 bits per heavy atom. The molecule has 3 aromatic rings. The third kappa shape index (κ3) is 5.01. The number of rotatable bonds is 6. The van der Waals surface area contributed by atoms with Gasteiger partial charge in [0, 0.05) is 30.5 Å². The van der Waals surface area contributed by atoms with Crippen molar-refractivity contribution in [1.82, 2.24) is 0 Å². The Balaban J connectivity index is 0.00000272. The Morgan fingerprint density at radius 1 is 0.903 bits per heavy atom. The fourth-order valence-electron chi connectivity index (χ4n) is 3.93. The molecule has 0 heterocycles. The second-order valence-corrected chi connectivity index (χ2v) is 7.41. The van der Waals surface area contributed by atoms with Gasteiger partial charge in [-0.3, -0.25) is 4.90 Å². The monoisotopic (exact) mass is 423 g/mol. The molecule has 0 saturated heterocycles. The third-order valence-electron chi connectivity index (χ3n) is 5.44. The van der Waals surface area contributed by atoms with Crippen LogP contribution in [0, 0.1) is 6.92 Å². The number of carbonyl (C=O) groups excluding carboxylic acids is 2. The van der Waals surface area contributed by atoms with Gasteiger partial charge < -0.3 is 14.6 Å². The minimum Gasteiger partial charge on any atom is -0.550 e. The molecule has 0 unspecified atom stereocenters. The summed E-state index contributed by atoms with van der Waals surface area (Å²) in [6.45, 7) is 2.12. The van der Waals surface area contributed by atoms with E-state index in [1.54, 1.807) is 12.1 Å². The van der Waals surface area contributed by atoms with Gasteiger partial charge in [-0.05, 0) is 41.3 Å². The number of hydrogen-bond donors (Lipinski definition) is 0. The van der Waals surface area contributed by atoms with E-state index < -0.39 is 12.1 Å². The second kappa shape index (κ2) is 10.1. The zero-order valence-corrected chi connectivity index (χ0v) is 19.7. The normalized spacial score (nSPS) is 11.8. The van der Waals surface area contributed by atoms with Crippen molar-refractivity contribution in [2.24, 2.45) is 0 Å². The van der Waals surface area contributed by atoms with Crippen LogP contribution < -0.4 is 39.6 Å². The predicted octanol–water partition coefficient (Wildman–Crippen LogP) is 0.895. The first-order chi connectivity index (χ1) is 14.5. The van der Waals surface area contributed by atoms with Crippen molar-refractivity contribution in [3.8, 4) is 11.1 Å². The number of amides is 1. The number of carboxylic acid groups (broad SMARTS) is 1. The molecule has 0 bridgehead atoms. The van der Waals surface area contributed by atoms with E-state index in [9.17, 15) is 14.7 Å². The first-order valence-electron chi connectivity index (χ1n) is 9.93. The average Bonchev–Trinajstić information content (AvgIpc) is 3.07. The minimum atomic E-state index is -1.21. The smallest absolute Gasteiger partial charge is 0.550 e. The fourth-order valence-corrected chi connectivity index (χ4v) is 3.93. The summed E-state index contributed by atoms with van der Waals surface area (Å²) in [6.07, 6.45) is -0.833. The number of carbonyl (C=O) groups is 2. The third-order valence-corrected chi connectivity index (χ3v) is 5.44. The molecule has 0 radical (unpaired) electrons. The van der Waals surface area contributed by atoms with Crippen molar-refractivity contribution in [3.63, 3.8) is 0 Å². The maximum Gasteiger partial charge on any atom is 1.00 e. The first-order valence-corrected chi connectivity index (χ1v) is 9.93. The summed E-state index contributed by atoms with van der Waals surface area (Å²) in [5, 5.41) is 11.0. The van der Waals surface area contributed by atoms with Gasteiger partial charge in [-0.1, -0.05) is 66.2 Å². The Labute approximate surface area is 203 Å². The summed E-state index contributed by atoms with van der Waals surface area (Å²) in [5.41, 5.74) is 6.21. The summed E-state index contributed by atoms with van der Waals surface area (Å²) < 4.78 is 5.69. The van der Waals surface area contributed by atoms with Gasteiger partial charge >= 0.3 is 35.7 Å². The summed E-state index contributed by atoms with van der Waals surface area (Å²) in [5.74, 6) is -1.26. The number of hydrogen-bond acceptors (Lipinski definition) is 4. The number of ether oxygens (including phenoxy) is 1. The van der Waals surface area contributed by atoms with Gasteiger partial charge in [0.1, 0.15) is 6.61 Å². The van der Waals surface area contributed by atoms with Gasteiger partial charge in [0.15, 0.2) is 0 Å². The Hall–Kier alpha value is -2.60. The van der Waals surface area contributed by atoms with E-state index in [2.05, 4.69) is 24.3 Å². The van der Waals surface area contributed by atoms with Crippen LogP contribution in [0.25, 0.3) is 11.1 Å². The van der Waals surface area contributed by atoms with E-state index in [1.807, 2.05) is 43.3 Å². The summed E-state index contributed by atoms with van der Waals surface area (Å²) in [6, 6.07) is 23.6. The van der Waals surface area contributed by atoms with Crippen LogP contribution >= 0.6 is 0 Å². The molecule has 0 spiro atoms. The Morgan fingerprint density at radius 2 is 1.45 bits per heavy atom. The van der Waals surface area contributed by atoms with Crippen LogP contribution in [0.5, 0.6) is 0 Å². The molecule has 0 N–H and O–H groups in total. The summed E-state index contributed by atoms with van der Waals surface area (Å²) in [4.78, 5) is 25.2. The topological polar surface area (TPSA) is 69.7 Å². The zero-order valence-electron chi connectivity index (χ0n) is 17.7. The number of nitrogens with zero attached hydrogens (tertiary/aromatic N) is 1. The van der Waals surface area contributed by atoms with Crippen molar-refractivity contribution >= 4 is 17.7 Å². The largest absolute Gasteiger partial charge is 1.00 e. The number of benzene rings is 3. The molecule has 1 aliphatic rings. The minimum absolute atomic E-state index is 0. The summed E-state index contributed by atoms with van der Waals surface area (Å²) >= 11 is 0. The maximum absolute atomic E-state index is 12.9. The molecule has 0 aliphatic heterocycles. The van der Waals surface area contributed by atoms with Gasteiger partial charge in [-0.2, -0.15) is 0 Å². The molecule has 0 aromatic heterocycles. The van der Waals surface area contributed by atoms with Gasteiger partial charge in [0.05, 0.1) is 0 Å². The molecule has 0 fully saturated rings. The van der Waals surface area contributed by atoms with E-state index in [0.29, 0.717) is 5.69 Å². The van der Waals surface area contributed by atoms with Crippen molar-refractivity contribution in [2.45, 2.75) is 19.3 Å². The van der Waals surface area contributed by atoms with Crippen molar-refractivity contribution in [1.29, 1.82) is 0 Å². The van der Waals surface area contributed by atoms with E-state index in [1.165, 1.54) is 4.90 Å². The van der Waals surface area contributed by atoms with Gasteiger partial charge in [0.25, 0.3) is 0 Å². The molecular formula is C25H22NNaO4. The first kappa shape index (κ1) is 23.1. The molecular weight excluding hydrogens is 401 g/mol. The molecule has 31 heavy (non-hydrogen) atoms. The van der Waals surface area contributed by atoms with Crippen LogP contribution in [0.4, 0.5) is 10.5 Å². The number of carboxylic acids is 1. The van der Waals surface area contributed by atoms with Crippen molar-refractivity contribution in [3.05, 3.63) is 89.5 Å². The Bertz CT molecular complexity index is 1040. The molecule has 0 saturated carbocycles. The van der Waals surface area contributed by atoms with Crippen LogP contribution in [0.3, 0.4) is 0 Å². The second-order valence-electron chi connectivity index (χ2n) is 7.41. The van der Waals surface area contributed by atoms with E-state index in [4.69, 9.17) is 4.74 Å². The maximum atomic E-state index is 12.9. The van der Waals surface area contributed by atoms with E-state index in [0.717, 1.165) is 27.8 Å². The standard InChI is InChI=1S/C25H23NO4.Na/c1-17-10-12-18(13-11-17)26(15-14-24(27)28)25(29)30-16-23-21-8-4-2-6-19(21)20-7-3-5-9-22(20)23;/h2-13,23H,14-16H2,1H3,(H,27,28);/q;+1/p-1. The van der Waals surface area contributed by atoms with E-state index >= 15 is 0 Å². The van der Waals surface area contributed by atoms with Crippen LogP contribution in [-0.4, -0.2) is 25.2 Å². The van der Waals surface area contributed by atoms with Crippen LogP contribution in [0.1, 0.15) is 29.0 Å². The predicted molar refractivity (Wildman–Crippen MR) is 113 cm³/mol. The van der Waals surface area contributed by atoms with Gasteiger partial charge in [0.2, 0.25) is 0 Å². The van der Waals surface area contributed by atoms with E-state index in [-0.39, 0.29) is 55.0 Å². The number of aliphatic carboxylic acids is 1. The Kier molecular flexibility index (Phi) is 7.55. The number of aryl methyl sites for hydroxylation is 1. The van der Waals surface area contributed by atoms with Crippen molar-refractivity contribution < 1.29 is 49.0 Å². The van der Waals surface area contributed by atoms with Gasteiger partial charge in [-0.15, -0.1) is 0 Å². The van der Waals surface area contributed by atoms with Crippen LogP contribution in [0.2, 0.25) is 0 Å². The number of fused-ring (bicyclic) bond motifs is 3. The molecule has 4 rings (SSSR count). The molecule has 152 valence electrons. The van der Waals surface area contributed by atoms with Gasteiger partial charge in [-0.25, -0.2) is 4.79 Å². The SMILES string of the molecule is Cc1ccc(N(CCC(=O)[O-])C(=O)OCC2c3ccccc3-c3ccccc32)cc1.[Na+]. The zero-order chi connectivity index (χ0) is 21.1. The molecule has 1 aliphatic carbocycles.